The van der Waals surface area contributed by atoms with E-state index in [1.54, 1.807) is 56.5 Å². The van der Waals surface area contributed by atoms with Crippen LogP contribution in [0.1, 0.15) is 176 Å². The number of carbonyl (C=O) groups is 7. The molecule has 0 aromatic heterocycles. The minimum atomic E-state index is -5.57. The molecule has 15 fully saturated rings. The van der Waals surface area contributed by atoms with Gasteiger partial charge in [0, 0.05) is 189 Å². The molecule has 15 rings (SSSR count). The number of thioether (sulfide) groups is 1. The number of likely N-dealkylation sites (tertiary alicyclic amines) is 7. The summed E-state index contributed by atoms with van der Waals surface area (Å²) in [4.78, 5) is 156. The Balaban J connectivity index is 1.34. The minimum Gasteiger partial charge on any atom is -0.444 e. The number of aliphatic hydroxyl groups excluding tert-OH is 1. The zero-order chi connectivity index (χ0) is 86.0. The minimum absolute atomic E-state index is 0.000901. The standard InChI is InChI=1S/C78H138N24O15S4/c1-62(104)82-76(91-44-25-13-26-45-91)75(90-42-23-12-24-43-90,83-68(110)117-69(2,3)4)101(78(111,94-46-27-14-28-47-94)71(60-103,102(76)79)86-34-15-8-16-35-86)74(98-64(106)63(105)97(95-55-59-118-61-95)66(108)73(98,96-48-29-58-119-96)89-40-21-11-22-41-89)67(109)100(121(7,114)115)70(5,85-49-30-80-31-50-85)77(92-51-32-81-33-52-92,93-53-56-116-57-54-93)99(74)65(107)72(84-120(6,112)113,87-36-17-9-18-37-87)88-38-19-10-20-39-88/h80-81,84,103,111H,8-61,79H2,1-7H3,(H,82,104)(H,83,110). The van der Waals surface area contributed by atoms with Crippen molar-refractivity contribution in [1.82, 2.24) is 113 Å². The number of amides is 7. The summed E-state index contributed by atoms with van der Waals surface area (Å²) in [5, 5.41) is 50.6. The molecule has 121 heavy (non-hydrogen) atoms. The molecule has 8 unspecified atom stereocenters. The average Bonchev–Trinajstić information content (AvgIpc) is 0.661. The van der Waals surface area contributed by atoms with Gasteiger partial charge in [-0.1, -0.05) is 56.9 Å². The molecule has 15 heterocycles. The number of hydrazine groups is 2. The molecule has 7 amide bonds. The number of imide groups is 1. The number of hydrogen-bond donors (Lipinski definition) is 8. The maximum absolute atomic E-state index is 21.6. The summed E-state index contributed by atoms with van der Waals surface area (Å²) in [6.45, 7) is 5.18. The number of morpholine rings is 1. The van der Waals surface area contributed by atoms with Crippen LogP contribution in [0.3, 0.4) is 0 Å². The van der Waals surface area contributed by atoms with Gasteiger partial charge >= 0.3 is 29.7 Å². The van der Waals surface area contributed by atoms with E-state index in [2.05, 4.69) is 26.0 Å². The molecule has 0 aromatic carbocycles. The Kier molecular flexibility index (Phi) is 27.4. The number of hydrogen-bond acceptors (Lipinski definition) is 34. The summed E-state index contributed by atoms with van der Waals surface area (Å²) in [6, 6.07) is 0. The SMILES string of the molecule is CC(=O)NC1(N2CCCCC2)N(N)C(CO)(N2CCCCC2)C(O)(N2CCCCC2)N(C2(N3C(=O)C(=O)N(N4CCSC4)C(=O)C3(N3CCCCC3)N3CCCS3)C(=O)N(S(C)(=O)=O)C(C)(N3CCNCC3)C(N3CCNCC3)(N3CCOCC3)N2C(=O)C(NS(C)(=O)=O)(N2CCCCC2)N2CCCCC2)C1(NC(=O)OC(C)(C)C)N1CCCCC1. The number of piperazine rings is 5. The quantitative estimate of drug-likeness (QED) is 0.0275. The van der Waals surface area contributed by atoms with Gasteiger partial charge in [-0.25, -0.2) is 40.1 Å². The van der Waals surface area contributed by atoms with Gasteiger partial charge in [-0.05, 0) is 124 Å². The molecular formula is C78H138N24O15S4. The van der Waals surface area contributed by atoms with Crippen molar-refractivity contribution in [1.29, 1.82) is 0 Å². The van der Waals surface area contributed by atoms with Crippen LogP contribution in [0.2, 0.25) is 0 Å². The lowest BCUT2D eigenvalue weighted by molar-refractivity contribution is -0.498. The van der Waals surface area contributed by atoms with E-state index >= 15 is 55.5 Å². The van der Waals surface area contributed by atoms with Crippen molar-refractivity contribution in [3.63, 3.8) is 0 Å². The summed E-state index contributed by atoms with van der Waals surface area (Å²) in [7, 11) is -10.4. The van der Waals surface area contributed by atoms with E-state index in [-0.39, 0.29) is 221 Å². The van der Waals surface area contributed by atoms with Gasteiger partial charge in [0.1, 0.15) is 5.60 Å². The van der Waals surface area contributed by atoms with Gasteiger partial charge in [0.15, 0.2) is 17.1 Å². The molecule has 0 radical (unpaired) electrons. The van der Waals surface area contributed by atoms with Gasteiger partial charge in [0.25, 0.3) is 17.5 Å². The number of nitrogens with one attached hydrogen (secondary N) is 5. The molecule has 39 nitrogen and oxygen atoms in total. The van der Waals surface area contributed by atoms with E-state index in [1.807, 2.05) is 24.5 Å². The molecule has 0 saturated carbocycles. The Bertz CT molecular complexity index is 3930. The number of piperidine rings is 7. The lowest BCUT2D eigenvalue weighted by atomic mass is 9.77. The second-order valence-corrected chi connectivity index (χ2v) is 42.7. The third-order valence-corrected chi connectivity index (χ3v) is 32.5. The summed E-state index contributed by atoms with van der Waals surface area (Å²) < 4.78 is 87.8. The first-order chi connectivity index (χ1) is 57.8. The maximum atomic E-state index is 21.6. The number of ether oxygens (including phenoxy) is 2. The Labute approximate surface area is 723 Å². The van der Waals surface area contributed by atoms with Gasteiger partial charge in [0.05, 0.1) is 38.2 Å². The van der Waals surface area contributed by atoms with E-state index in [0.29, 0.717) is 121 Å². The first kappa shape index (κ1) is 91.8. The van der Waals surface area contributed by atoms with Crippen molar-refractivity contribution >= 4 is 85.3 Å². The number of nitrogens with two attached hydrogens (primary N) is 1. The summed E-state index contributed by atoms with van der Waals surface area (Å²) >= 11 is 2.57. The Morgan fingerprint density at radius 1 is 0.545 bits per heavy atom. The van der Waals surface area contributed by atoms with Crippen molar-refractivity contribution in [2.75, 3.05) is 220 Å². The van der Waals surface area contributed by atoms with Crippen LogP contribution in [-0.4, -0.2) is 433 Å². The highest BCUT2D eigenvalue weighted by atomic mass is 32.2. The highest BCUT2D eigenvalue weighted by Gasteiger charge is 2.95. The first-order valence-corrected chi connectivity index (χ1v) is 51.0. The summed E-state index contributed by atoms with van der Waals surface area (Å²) in [6.07, 6.45) is 9.72. The number of rotatable bonds is 21. The van der Waals surface area contributed by atoms with Crippen LogP contribution in [0.15, 0.2) is 0 Å². The molecule has 9 N–H and O–H groups in total. The Morgan fingerprint density at radius 2 is 1.02 bits per heavy atom. The van der Waals surface area contributed by atoms with Crippen LogP contribution in [0, 0.1) is 0 Å². The molecule has 0 aliphatic carbocycles. The fraction of sp³-hybridized carbons (Fsp3) is 0.910. The number of alkyl carbamates (subject to hydrolysis) is 1. The van der Waals surface area contributed by atoms with E-state index in [4.69, 9.17) is 15.3 Å². The maximum Gasteiger partial charge on any atom is 0.410 e. The van der Waals surface area contributed by atoms with E-state index < -0.39 is 126 Å². The van der Waals surface area contributed by atoms with Crippen LogP contribution in [0.4, 0.5) is 4.79 Å². The number of nitrogens with zero attached hydrogens (tertiary/aromatic N) is 18. The van der Waals surface area contributed by atoms with Crippen molar-refractivity contribution in [3.05, 3.63) is 0 Å². The van der Waals surface area contributed by atoms with E-state index in [1.165, 1.54) is 38.5 Å². The predicted molar refractivity (Wildman–Crippen MR) is 453 cm³/mol. The van der Waals surface area contributed by atoms with Gasteiger partial charge < -0.3 is 35.6 Å². The second kappa shape index (κ2) is 36.2. The lowest BCUT2D eigenvalue weighted by Gasteiger charge is -2.83. The predicted octanol–water partition coefficient (Wildman–Crippen LogP) is -1.69. The monoisotopic (exact) mass is 1780 g/mol. The van der Waals surface area contributed by atoms with E-state index in [0.717, 1.165) is 38.7 Å². The summed E-state index contributed by atoms with van der Waals surface area (Å²) in [5.74, 6) is -21.4. The summed E-state index contributed by atoms with van der Waals surface area (Å²) in [5.41, 5.74) is -6.97. The zero-order valence-corrected chi connectivity index (χ0v) is 75.9. The van der Waals surface area contributed by atoms with Crippen molar-refractivity contribution in [2.24, 2.45) is 5.84 Å². The molecule has 43 heteroatoms. The Morgan fingerprint density at radius 3 is 1.47 bits per heavy atom. The average molecular weight is 1780 g/mol. The fourth-order valence-corrected chi connectivity index (χ4v) is 28.2. The van der Waals surface area contributed by atoms with Crippen molar-refractivity contribution in [3.8, 4) is 0 Å². The molecule has 0 spiro atoms. The number of sulfonamides is 2. The number of aliphatic hydroxyl groups is 2. The molecule has 15 aliphatic heterocycles. The molecule has 8 atom stereocenters. The van der Waals surface area contributed by atoms with Gasteiger partial charge in [-0.15, -0.1) is 11.8 Å². The lowest BCUT2D eigenvalue weighted by Crippen LogP contribution is -3.12. The van der Waals surface area contributed by atoms with Crippen LogP contribution < -0.4 is 31.8 Å². The normalized spacial score (nSPS) is 35.7. The van der Waals surface area contributed by atoms with Gasteiger partial charge in [-0.3, -0.25) is 93.8 Å². The van der Waals surface area contributed by atoms with Gasteiger partial charge in [-0.2, -0.15) is 19.6 Å². The third-order valence-electron chi connectivity index (χ3n) is 28.5. The third kappa shape index (κ3) is 14.8. The zero-order valence-electron chi connectivity index (χ0n) is 72.6. The molecule has 0 bridgehead atoms. The van der Waals surface area contributed by atoms with Crippen molar-refractivity contribution in [2.45, 2.75) is 233 Å². The topological polar surface area (TPSA) is 391 Å². The van der Waals surface area contributed by atoms with Crippen LogP contribution in [0.5, 0.6) is 0 Å². The molecule has 15 aliphatic rings. The van der Waals surface area contributed by atoms with Crippen LogP contribution in [0.25, 0.3) is 0 Å². The van der Waals surface area contributed by atoms with E-state index in [9.17, 15) is 5.11 Å². The smallest absolute Gasteiger partial charge is 0.410 e. The highest BCUT2D eigenvalue weighted by molar-refractivity contribution is 7.99. The first-order valence-electron chi connectivity index (χ1n) is 45.2. The van der Waals surface area contributed by atoms with Crippen LogP contribution >= 0.6 is 23.7 Å². The molecule has 15 saturated heterocycles. The molecular weight excluding hydrogens is 1640 g/mol. The van der Waals surface area contributed by atoms with Crippen LogP contribution in [-0.2, 0) is 58.3 Å². The van der Waals surface area contributed by atoms with Crippen molar-refractivity contribution < 1.29 is 70.1 Å². The molecule has 0 aromatic rings. The Hall–Kier alpha value is -3.95. The number of carbonyl (C=O) groups excluding carboxylic acids is 7. The van der Waals surface area contributed by atoms with Gasteiger partial charge in [0.2, 0.25) is 49.2 Å². The highest BCUT2D eigenvalue weighted by Crippen LogP contribution is 2.66. The largest absolute Gasteiger partial charge is 0.444 e. The fourth-order valence-electron chi connectivity index (χ4n) is 23.9. The second-order valence-electron chi connectivity index (χ2n) is 36.9. The molecule has 684 valence electrons.